The van der Waals surface area contributed by atoms with E-state index in [0.717, 1.165) is 48.9 Å². The molecule has 1 aliphatic carbocycles. The van der Waals surface area contributed by atoms with Gasteiger partial charge in [-0.1, -0.05) is 51.5 Å². The van der Waals surface area contributed by atoms with Gasteiger partial charge in [0.1, 0.15) is 0 Å². The molecule has 5 rings (SSSR count). The van der Waals surface area contributed by atoms with E-state index < -0.39 is 0 Å². The lowest BCUT2D eigenvalue weighted by Gasteiger charge is -2.32. The van der Waals surface area contributed by atoms with Gasteiger partial charge in [0, 0.05) is 47.9 Å². The third-order valence-corrected chi connectivity index (χ3v) is 7.83. The number of allylic oxidation sites excluding steroid dienone is 1. The molecule has 1 fully saturated rings. The van der Waals surface area contributed by atoms with Crippen molar-refractivity contribution in [1.82, 2.24) is 29.8 Å². The number of aromatic amines is 1. The van der Waals surface area contributed by atoms with Crippen molar-refractivity contribution < 1.29 is 0 Å². The fourth-order valence-corrected chi connectivity index (χ4v) is 5.92. The van der Waals surface area contributed by atoms with Crippen LogP contribution in [-0.2, 0) is 18.4 Å². The van der Waals surface area contributed by atoms with Gasteiger partial charge < -0.3 is 0 Å². The molecule has 8 nitrogen and oxygen atoms in total. The van der Waals surface area contributed by atoms with Crippen molar-refractivity contribution >= 4 is 6.21 Å². The summed E-state index contributed by atoms with van der Waals surface area (Å²) in [6.45, 7) is 7.36. The monoisotopic (exact) mass is 473 g/mol. The summed E-state index contributed by atoms with van der Waals surface area (Å²) in [6, 6.07) is 8.53. The van der Waals surface area contributed by atoms with E-state index in [1.807, 2.05) is 33.7 Å². The molecular formula is C27H35N7O. The summed E-state index contributed by atoms with van der Waals surface area (Å²) < 4.78 is 4.08. The Balaban J connectivity index is 1.57. The first-order chi connectivity index (χ1) is 17.0. The van der Waals surface area contributed by atoms with Crippen LogP contribution in [0.2, 0.25) is 0 Å². The third-order valence-electron chi connectivity index (χ3n) is 7.83. The minimum Gasteiger partial charge on any atom is -0.296 e. The molecular weight excluding hydrogens is 438 g/mol. The number of aromatic nitrogens is 6. The molecule has 3 heterocycles. The topological polar surface area (TPSA) is 93.8 Å². The van der Waals surface area contributed by atoms with Crippen LogP contribution in [-0.4, -0.2) is 36.0 Å². The van der Waals surface area contributed by atoms with Crippen LogP contribution in [0.25, 0.3) is 11.4 Å². The molecule has 4 unspecified atom stereocenters. The second kappa shape index (κ2) is 9.76. The fraction of sp³-hybridized carbons (Fsp3) is 0.519. The van der Waals surface area contributed by atoms with Crippen LogP contribution in [0, 0.1) is 11.8 Å². The predicted octanol–water partition coefficient (Wildman–Crippen LogP) is 4.71. The number of imidazole rings is 1. The Bertz CT molecular complexity index is 1270. The Morgan fingerprint density at radius 1 is 1.23 bits per heavy atom. The first-order valence-corrected chi connectivity index (χ1v) is 12.8. The van der Waals surface area contributed by atoms with E-state index in [9.17, 15) is 4.79 Å². The molecule has 1 aliphatic heterocycles. The number of unbranched alkanes of at least 4 members (excludes halogenated alkanes) is 1. The molecule has 35 heavy (non-hydrogen) atoms. The van der Waals surface area contributed by atoms with Gasteiger partial charge in [0.2, 0.25) is 5.82 Å². The van der Waals surface area contributed by atoms with Gasteiger partial charge in [-0.15, -0.1) is 10.2 Å². The number of hydrogen-bond acceptors (Lipinski definition) is 5. The van der Waals surface area contributed by atoms with Gasteiger partial charge in [-0.3, -0.25) is 14.1 Å². The number of rotatable bonds is 8. The maximum Gasteiger partial charge on any atom is 0.328 e. The molecule has 4 atom stereocenters. The van der Waals surface area contributed by atoms with E-state index in [0.29, 0.717) is 24.2 Å². The minimum atomic E-state index is -0.382. The highest BCUT2D eigenvalue weighted by Gasteiger charge is 2.35. The van der Waals surface area contributed by atoms with Crippen LogP contribution in [0.5, 0.6) is 0 Å². The van der Waals surface area contributed by atoms with Crippen LogP contribution < -0.4 is 5.69 Å². The van der Waals surface area contributed by atoms with Crippen LogP contribution >= 0.6 is 0 Å². The Hall–Kier alpha value is -3.29. The van der Waals surface area contributed by atoms with Crippen LogP contribution in [0.15, 0.2) is 52.5 Å². The maximum atomic E-state index is 13.9. The van der Waals surface area contributed by atoms with Crippen molar-refractivity contribution in [3.63, 3.8) is 0 Å². The van der Waals surface area contributed by atoms with Crippen molar-refractivity contribution in [3.05, 3.63) is 64.5 Å². The number of H-pyrrole nitrogens is 1. The Morgan fingerprint density at radius 2 is 2.11 bits per heavy atom. The van der Waals surface area contributed by atoms with Gasteiger partial charge in [0.15, 0.2) is 0 Å². The van der Waals surface area contributed by atoms with Crippen LogP contribution in [0.4, 0.5) is 0 Å². The van der Waals surface area contributed by atoms with Gasteiger partial charge in [-0.05, 0) is 60.8 Å². The molecule has 8 heteroatoms. The summed E-state index contributed by atoms with van der Waals surface area (Å²) in [4.78, 5) is 18.3. The molecule has 1 N–H and O–H groups in total. The van der Waals surface area contributed by atoms with E-state index in [1.165, 1.54) is 6.42 Å². The third kappa shape index (κ3) is 4.54. The first kappa shape index (κ1) is 23.5. The van der Waals surface area contributed by atoms with E-state index in [1.54, 1.807) is 0 Å². The van der Waals surface area contributed by atoms with Crippen molar-refractivity contribution in [2.75, 3.05) is 0 Å². The smallest absolute Gasteiger partial charge is 0.296 e. The van der Waals surface area contributed by atoms with Crippen molar-refractivity contribution in [2.45, 2.75) is 77.3 Å². The number of nitrogens with one attached hydrogen (secondary N) is 1. The molecule has 0 radical (unpaired) electrons. The summed E-state index contributed by atoms with van der Waals surface area (Å²) in [5.41, 5.74) is 2.88. The van der Waals surface area contributed by atoms with E-state index in [-0.39, 0.29) is 17.1 Å². The molecule has 1 saturated carbocycles. The Labute approximate surface area is 206 Å². The van der Waals surface area contributed by atoms with Gasteiger partial charge in [-0.25, -0.2) is 4.79 Å². The normalized spacial score (nSPS) is 26.0. The highest BCUT2D eigenvalue weighted by Crippen LogP contribution is 2.39. The van der Waals surface area contributed by atoms with Gasteiger partial charge in [-0.2, -0.15) is 5.21 Å². The van der Waals surface area contributed by atoms with E-state index in [2.05, 4.69) is 70.8 Å². The minimum absolute atomic E-state index is 0.117. The van der Waals surface area contributed by atoms with Crippen molar-refractivity contribution in [1.29, 1.82) is 0 Å². The summed E-state index contributed by atoms with van der Waals surface area (Å²) in [6.07, 6.45) is 14.2. The zero-order valence-electron chi connectivity index (χ0n) is 20.9. The standard InChI is InChI=1S/C27H35N7O/c1-4-5-9-23-17-33(24-15-19(2)14-20(24)3)26(35)34(23)18-27(10-12-28-13-11-27)22-8-6-7-21(16-22)25-29-31-32-30-25/h6-8,10,12-13,16-17,19-20,24H,4-5,9,11,14-15,18H2,1-3H3,(H,29,30,31,32). The maximum absolute atomic E-state index is 13.9. The van der Waals surface area contributed by atoms with Gasteiger partial charge in [0.25, 0.3) is 0 Å². The molecule has 0 spiro atoms. The number of tetrazole rings is 1. The summed E-state index contributed by atoms with van der Waals surface area (Å²) in [5.74, 6) is 1.73. The van der Waals surface area contributed by atoms with Gasteiger partial charge >= 0.3 is 5.69 Å². The predicted molar refractivity (Wildman–Crippen MR) is 137 cm³/mol. The summed E-state index contributed by atoms with van der Waals surface area (Å²) >= 11 is 0. The zero-order chi connectivity index (χ0) is 24.4. The summed E-state index contributed by atoms with van der Waals surface area (Å²) in [7, 11) is 0. The van der Waals surface area contributed by atoms with Crippen molar-refractivity contribution in [2.24, 2.45) is 16.8 Å². The van der Waals surface area contributed by atoms with E-state index in [4.69, 9.17) is 0 Å². The number of aliphatic imine (C=N–C) groups is 1. The number of benzene rings is 1. The average molecular weight is 474 g/mol. The number of aryl methyl sites for hydroxylation is 1. The number of nitrogens with zero attached hydrogens (tertiary/aromatic N) is 6. The zero-order valence-corrected chi connectivity index (χ0v) is 20.9. The quantitative estimate of drug-likeness (QED) is 0.513. The molecule has 2 aliphatic rings. The summed E-state index contributed by atoms with van der Waals surface area (Å²) in [5, 5.41) is 14.5. The lowest BCUT2D eigenvalue weighted by Crippen LogP contribution is -2.38. The number of hydrogen-bond donors (Lipinski definition) is 1. The molecule has 0 saturated heterocycles. The second-order valence-corrected chi connectivity index (χ2v) is 10.4. The van der Waals surface area contributed by atoms with Crippen molar-refractivity contribution in [3.8, 4) is 11.4 Å². The molecule has 0 amide bonds. The Kier molecular flexibility index (Phi) is 6.54. The molecule has 0 bridgehead atoms. The lowest BCUT2D eigenvalue weighted by molar-refractivity contribution is 0.382. The lowest BCUT2D eigenvalue weighted by atomic mass is 9.76. The van der Waals surface area contributed by atoms with Crippen LogP contribution in [0.1, 0.15) is 70.2 Å². The molecule has 1 aromatic carbocycles. The highest BCUT2D eigenvalue weighted by atomic mass is 16.1. The Morgan fingerprint density at radius 3 is 2.80 bits per heavy atom. The molecule has 184 valence electrons. The van der Waals surface area contributed by atoms with Crippen LogP contribution in [0.3, 0.4) is 0 Å². The average Bonchev–Trinajstić information content (AvgIpc) is 3.59. The van der Waals surface area contributed by atoms with E-state index >= 15 is 0 Å². The fourth-order valence-electron chi connectivity index (χ4n) is 5.92. The second-order valence-electron chi connectivity index (χ2n) is 10.4. The molecule has 2 aromatic heterocycles. The first-order valence-electron chi connectivity index (χ1n) is 12.8. The molecule has 3 aromatic rings. The highest BCUT2D eigenvalue weighted by molar-refractivity contribution is 5.65. The largest absolute Gasteiger partial charge is 0.328 e. The SMILES string of the molecule is CCCCc1cn(C2CC(C)CC2C)c(=O)n1CC1(c2cccc(-c3nn[nH]n3)c2)C=CN=CC1. The van der Waals surface area contributed by atoms with Gasteiger partial charge in [0.05, 0.1) is 0 Å².